The first-order valence-corrected chi connectivity index (χ1v) is 10.5. The molecule has 6 nitrogen and oxygen atoms in total. The van der Waals surface area contributed by atoms with Gasteiger partial charge in [0.15, 0.2) is 0 Å². The Labute approximate surface area is 195 Å². The van der Waals surface area contributed by atoms with E-state index in [-0.39, 0.29) is 29.8 Å². The number of halogens is 3. The van der Waals surface area contributed by atoms with Crippen LogP contribution in [0.1, 0.15) is 29.8 Å². The summed E-state index contributed by atoms with van der Waals surface area (Å²) < 4.78 is 44.2. The molecule has 178 valence electrons. The van der Waals surface area contributed by atoms with Gasteiger partial charge in [0.25, 0.3) is 5.91 Å². The van der Waals surface area contributed by atoms with E-state index in [0.717, 1.165) is 12.1 Å². The summed E-state index contributed by atoms with van der Waals surface area (Å²) in [6.45, 7) is 3.75. The van der Waals surface area contributed by atoms with Crippen LogP contribution in [0.25, 0.3) is 0 Å². The molecule has 0 saturated heterocycles. The van der Waals surface area contributed by atoms with Gasteiger partial charge in [0.1, 0.15) is 5.75 Å². The number of benzene rings is 3. The number of alkyl halides is 3. The largest absolute Gasteiger partial charge is 0.491 e. The summed E-state index contributed by atoms with van der Waals surface area (Å²) in [6.07, 6.45) is -4.50. The Morgan fingerprint density at radius 1 is 0.853 bits per heavy atom. The zero-order chi connectivity index (χ0) is 24.7. The van der Waals surface area contributed by atoms with Crippen LogP contribution < -0.4 is 20.7 Å². The van der Waals surface area contributed by atoms with E-state index in [9.17, 15) is 22.8 Å². The zero-order valence-corrected chi connectivity index (χ0v) is 18.6. The van der Waals surface area contributed by atoms with Crippen LogP contribution in [0.5, 0.6) is 5.75 Å². The molecule has 0 aliphatic carbocycles. The molecule has 0 aliphatic rings. The molecular formula is C25H24F3N3O3. The van der Waals surface area contributed by atoms with E-state index in [4.69, 9.17) is 4.74 Å². The van der Waals surface area contributed by atoms with Gasteiger partial charge in [0.05, 0.1) is 18.2 Å². The fraction of sp³-hybridized carbons (Fsp3) is 0.200. The lowest BCUT2D eigenvalue weighted by Crippen LogP contribution is -2.22. The second kappa shape index (κ2) is 10.7. The minimum atomic E-state index is -4.51. The number of amides is 2. The molecule has 0 fully saturated rings. The van der Waals surface area contributed by atoms with E-state index >= 15 is 0 Å². The van der Waals surface area contributed by atoms with Crippen LogP contribution in [0.15, 0.2) is 72.8 Å². The Morgan fingerprint density at radius 2 is 1.50 bits per heavy atom. The predicted molar refractivity (Wildman–Crippen MR) is 125 cm³/mol. The number of carbonyl (C=O) groups excluding carboxylic acids is 2. The van der Waals surface area contributed by atoms with Crippen LogP contribution >= 0.6 is 0 Å². The molecule has 2 amide bonds. The standard InChI is InChI=1S/C25H24F3N3O3/c1-16(2)34-22-11-5-10-21(14-22)30-23(32)15-29-19-8-3-6-17(12-19)24(33)31-20-9-4-7-18(13-20)25(26,27)28/h3-14,16,29H,15H2,1-2H3,(H,30,32)(H,31,33). The van der Waals surface area contributed by atoms with Gasteiger partial charge in [-0.25, -0.2) is 0 Å². The van der Waals surface area contributed by atoms with Gasteiger partial charge in [-0.1, -0.05) is 18.2 Å². The van der Waals surface area contributed by atoms with Crippen LogP contribution in [0.4, 0.5) is 30.2 Å². The van der Waals surface area contributed by atoms with Gasteiger partial charge < -0.3 is 20.7 Å². The quantitative estimate of drug-likeness (QED) is 0.388. The van der Waals surface area contributed by atoms with Crippen molar-refractivity contribution in [2.45, 2.75) is 26.1 Å². The molecule has 9 heteroatoms. The normalized spacial score (nSPS) is 11.1. The SMILES string of the molecule is CC(C)Oc1cccc(NC(=O)CNc2cccc(C(=O)Nc3cccc(C(F)(F)F)c3)c2)c1. The summed E-state index contributed by atoms with van der Waals surface area (Å²) >= 11 is 0. The highest BCUT2D eigenvalue weighted by Gasteiger charge is 2.30. The highest BCUT2D eigenvalue weighted by atomic mass is 19.4. The highest BCUT2D eigenvalue weighted by Crippen LogP contribution is 2.30. The van der Waals surface area contributed by atoms with Crippen LogP contribution in [-0.2, 0) is 11.0 Å². The molecular weight excluding hydrogens is 447 g/mol. The maximum Gasteiger partial charge on any atom is 0.416 e. The smallest absolute Gasteiger partial charge is 0.416 e. The molecule has 0 bridgehead atoms. The summed E-state index contributed by atoms with van der Waals surface area (Å²) in [5.41, 5.74) is 0.485. The second-order valence-electron chi connectivity index (χ2n) is 7.71. The Hall–Kier alpha value is -4.01. The third-order valence-electron chi connectivity index (χ3n) is 4.52. The van der Waals surface area contributed by atoms with Gasteiger partial charge in [-0.3, -0.25) is 9.59 Å². The maximum absolute atomic E-state index is 12.9. The lowest BCUT2D eigenvalue weighted by Gasteiger charge is -2.12. The molecule has 3 aromatic carbocycles. The van der Waals surface area contributed by atoms with E-state index in [1.54, 1.807) is 36.4 Å². The molecule has 0 unspecified atom stereocenters. The first kappa shape index (κ1) is 24.6. The molecule has 0 atom stereocenters. The van der Waals surface area contributed by atoms with Crippen LogP contribution in [0.3, 0.4) is 0 Å². The van der Waals surface area contributed by atoms with Crippen molar-refractivity contribution >= 4 is 28.9 Å². The molecule has 3 rings (SSSR count). The number of nitrogens with one attached hydrogen (secondary N) is 3. The fourth-order valence-corrected chi connectivity index (χ4v) is 3.05. The molecule has 0 aromatic heterocycles. The van der Waals surface area contributed by atoms with E-state index in [2.05, 4.69) is 16.0 Å². The van der Waals surface area contributed by atoms with E-state index in [0.29, 0.717) is 17.1 Å². The fourth-order valence-electron chi connectivity index (χ4n) is 3.05. The van der Waals surface area contributed by atoms with Crippen molar-refractivity contribution in [3.05, 3.63) is 83.9 Å². The van der Waals surface area contributed by atoms with Crippen molar-refractivity contribution in [2.75, 3.05) is 22.5 Å². The van der Waals surface area contributed by atoms with E-state index in [1.807, 2.05) is 13.8 Å². The Balaban J connectivity index is 1.58. The Bertz CT molecular complexity index is 1160. The number of hydrogen-bond acceptors (Lipinski definition) is 4. The highest BCUT2D eigenvalue weighted by molar-refractivity contribution is 6.05. The number of carbonyl (C=O) groups is 2. The molecule has 0 aliphatic heterocycles. The molecule has 3 aromatic rings. The average Bonchev–Trinajstić information content (AvgIpc) is 2.77. The predicted octanol–water partition coefficient (Wildman–Crippen LogP) is 5.80. The van der Waals surface area contributed by atoms with E-state index in [1.165, 1.54) is 24.3 Å². The molecule has 0 heterocycles. The molecule has 0 spiro atoms. The molecule has 3 N–H and O–H groups in total. The summed E-state index contributed by atoms with van der Waals surface area (Å²) in [5.74, 6) is -0.241. The van der Waals surface area contributed by atoms with Crippen molar-refractivity contribution in [3.63, 3.8) is 0 Å². The van der Waals surface area contributed by atoms with Gasteiger partial charge in [0, 0.05) is 28.7 Å². The minimum Gasteiger partial charge on any atom is -0.491 e. The topological polar surface area (TPSA) is 79.5 Å². The van der Waals surface area contributed by atoms with Gasteiger partial charge in [-0.05, 0) is 62.4 Å². The maximum atomic E-state index is 12.9. The lowest BCUT2D eigenvalue weighted by molar-refractivity contribution is -0.137. The second-order valence-corrected chi connectivity index (χ2v) is 7.71. The summed E-state index contributed by atoms with van der Waals surface area (Å²) in [7, 11) is 0. The summed E-state index contributed by atoms with van der Waals surface area (Å²) in [6, 6.07) is 17.7. The third-order valence-corrected chi connectivity index (χ3v) is 4.52. The minimum absolute atomic E-state index is 0.00525. The van der Waals surface area contributed by atoms with Crippen LogP contribution in [0, 0.1) is 0 Å². The monoisotopic (exact) mass is 471 g/mol. The molecule has 0 saturated carbocycles. The molecule has 0 radical (unpaired) electrons. The van der Waals surface area contributed by atoms with Gasteiger partial charge in [-0.15, -0.1) is 0 Å². The van der Waals surface area contributed by atoms with E-state index < -0.39 is 17.6 Å². The number of rotatable bonds is 8. The van der Waals surface area contributed by atoms with Gasteiger partial charge in [0.2, 0.25) is 5.91 Å². The third kappa shape index (κ3) is 7.26. The van der Waals surface area contributed by atoms with Crippen molar-refractivity contribution in [2.24, 2.45) is 0 Å². The van der Waals surface area contributed by atoms with Crippen LogP contribution in [-0.4, -0.2) is 24.5 Å². The number of hydrogen-bond donors (Lipinski definition) is 3. The van der Waals surface area contributed by atoms with Crippen molar-refractivity contribution < 1.29 is 27.5 Å². The van der Waals surface area contributed by atoms with Gasteiger partial charge in [-0.2, -0.15) is 13.2 Å². The van der Waals surface area contributed by atoms with Crippen molar-refractivity contribution in [1.29, 1.82) is 0 Å². The summed E-state index contributed by atoms with van der Waals surface area (Å²) in [4.78, 5) is 24.8. The zero-order valence-electron chi connectivity index (χ0n) is 18.6. The van der Waals surface area contributed by atoms with Gasteiger partial charge >= 0.3 is 6.18 Å². The Morgan fingerprint density at radius 3 is 2.21 bits per heavy atom. The van der Waals surface area contributed by atoms with Crippen molar-refractivity contribution in [1.82, 2.24) is 0 Å². The number of ether oxygens (including phenoxy) is 1. The number of anilines is 3. The van der Waals surface area contributed by atoms with Crippen molar-refractivity contribution in [3.8, 4) is 5.75 Å². The first-order chi connectivity index (χ1) is 16.1. The average molecular weight is 471 g/mol. The molecule has 34 heavy (non-hydrogen) atoms. The summed E-state index contributed by atoms with van der Waals surface area (Å²) in [5, 5.41) is 8.14. The van der Waals surface area contributed by atoms with Crippen LogP contribution in [0.2, 0.25) is 0 Å². The first-order valence-electron chi connectivity index (χ1n) is 10.5. The lowest BCUT2D eigenvalue weighted by atomic mass is 10.1. The Kier molecular flexibility index (Phi) is 7.78.